The third-order valence-electron chi connectivity index (χ3n) is 4.03. The summed E-state index contributed by atoms with van der Waals surface area (Å²) in [6, 6.07) is 6.60. The van der Waals surface area contributed by atoms with Crippen molar-refractivity contribution in [2.45, 2.75) is 45.2 Å². The molecule has 1 aliphatic carbocycles. The maximum atomic E-state index is 12.1. The predicted molar refractivity (Wildman–Crippen MR) is 88.9 cm³/mol. The summed E-state index contributed by atoms with van der Waals surface area (Å²) in [5.74, 6) is 0.460. The van der Waals surface area contributed by atoms with Crippen LogP contribution in [0.5, 0.6) is 5.75 Å². The highest BCUT2D eigenvalue weighted by molar-refractivity contribution is 5.91. The van der Waals surface area contributed by atoms with E-state index < -0.39 is 12.0 Å². The topological polar surface area (TPSA) is 111 Å². The third kappa shape index (κ3) is 4.31. The summed E-state index contributed by atoms with van der Waals surface area (Å²) < 4.78 is 6.86. The molecule has 3 rings (SSSR count). The van der Waals surface area contributed by atoms with Gasteiger partial charge in [-0.15, -0.1) is 5.10 Å². The number of benzene rings is 1. The molecule has 1 aromatic carbocycles. The Morgan fingerprint density at radius 2 is 2.04 bits per heavy atom. The van der Waals surface area contributed by atoms with Gasteiger partial charge in [-0.25, -0.2) is 9.48 Å². The summed E-state index contributed by atoms with van der Waals surface area (Å²) in [5, 5.41) is 17.1. The van der Waals surface area contributed by atoms with Gasteiger partial charge in [0.05, 0.1) is 18.3 Å². The molecule has 0 aliphatic heterocycles. The van der Waals surface area contributed by atoms with E-state index in [1.807, 2.05) is 0 Å². The first-order valence-electron chi connectivity index (χ1n) is 8.22. The summed E-state index contributed by atoms with van der Waals surface area (Å²) in [4.78, 5) is 23.3. The average Bonchev–Trinajstić information content (AvgIpc) is 3.25. The van der Waals surface area contributed by atoms with Gasteiger partial charge in [0.15, 0.2) is 11.6 Å². The zero-order valence-electron chi connectivity index (χ0n) is 13.9. The second kappa shape index (κ2) is 7.73. The fourth-order valence-corrected chi connectivity index (χ4v) is 2.90. The minimum Gasteiger partial charge on any atom is -0.424 e. The highest BCUT2D eigenvalue weighted by atomic mass is 16.5. The van der Waals surface area contributed by atoms with E-state index in [1.165, 1.54) is 19.8 Å². The van der Waals surface area contributed by atoms with Gasteiger partial charge < -0.3 is 15.4 Å². The molecular weight excluding hydrogens is 324 g/mol. The van der Waals surface area contributed by atoms with E-state index in [0.29, 0.717) is 23.3 Å². The van der Waals surface area contributed by atoms with Crippen LogP contribution in [0.3, 0.4) is 0 Å². The Hall–Kier alpha value is -2.97. The Morgan fingerprint density at radius 1 is 1.28 bits per heavy atom. The van der Waals surface area contributed by atoms with E-state index >= 15 is 0 Å². The van der Waals surface area contributed by atoms with Crippen molar-refractivity contribution in [2.24, 2.45) is 0 Å². The lowest BCUT2D eigenvalue weighted by Gasteiger charge is -2.13. The van der Waals surface area contributed by atoms with Crippen LogP contribution in [-0.4, -0.2) is 32.2 Å². The van der Waals surface area contributed by atoms with Crippen LogP contribution in [0, 0.1) is 0 Å². The van der Waals surface area contributed by atoms with Gasteiger partial charge in [-0.2, -0.15) is 0 Å². The molecular formula is C16H20N6O3. The summed E-state index contributed by atoms with van der Waals surface area (Å²) >= 11 is 0. The standard InChI is InChI=1S/C16H20N6O3/c1-11(23)25-14-9-5-4-8-13(14)18-16(24)17-10-15-19-20-21-22(15)12-6-2-3-7-12/h4-5,8-9,12H,2-3,6-7,10H2,1H3,(H2,17,18,24). The number of hydrogen-bond donors (Lipinski definition) is 2. The molecule has 0 saturated heterocycles. The number of carbonyl (C=O) groups excluding carboxylic acids is 2. The summed E-state index contributed by atoms with van der Waals surface area (Å²) in [7, 11) is 0. The van der Waals surface area contributed by atoms with Crippen molar-refractivity contribution in [3.8, 4) is 5.75 Å². The monoisotopic (exact) mass is 344 g/mol. The van der Waals surface area contributed by atoms with E-state index in [9.17, 15) is 9.59 Å². The average molecular weight is 344 g/mol. The number of rotatable bonds is 5. The Morgan fingerprint density at radius 3 is 2.80 bits per heavy atom. The van der Waals surface area contributed by atoms with Crippen molar-refractivity contribution >= 4 is 17.7 Å². The van der Waals surface area contributed by atoms with Crippen molar-refractivity contribution in [3.63, 3.8) is 0 Å². The number of urea groups is 1. The number of hydrogen-bond acceptors (Lipinski definition) is 6. The molecule has 1 heterocycles. The Balaban J connectivity index is 1.59. The number of nitrogens with zero attached hydrogens (tertiary/aromatic N) is 4. The molecule has 9 heteroatoms. The molecule has 1 fully saturated rings. The van der Waals surface area contributed by atoms with Crippen LogP contribution in [0.1, 0.15) is 44.5 Å². The van der Waals surface area contributed by atoms with Crippen LogP contribution in [0.4, 0.5) is 10.5 Å². The van der Waals surface area contributed by atoms with Crippen LogP contribution in [0.25, 0.3) is 0 Å². The molecule has 1 aliphatic rings. The van der Waals surface area contributed by atoms with Crippen LogP contribution in [0.2, 0.25) is 0 Å². The third-order valence-corrected chi connectivity index (χ3v) is 4.03. The van der Waals surface area contributed by atoms with Crippen molar-refractivity contribution in [3.05, 3.63) is 30.1 Å². The summed E-state index contributed by atoms with van der Waals surface area (Å²) in [6.07, 6.45) is 4.45. The number of para-hydroxylation sites is 2. The van der Waals surface area contributed by atoms with E-state index in [0.717, 1.165) is 12.8 Å². The molecule has 2 aromatic rings. The number of tetrazole rings is 1. The molecule has 0 spiro atoms. The zero-order valence-corrected chi connectivity index (χ0v) is 13.9. The van der Waals surface area contributed by atoms with Crippen molar-refractivity contribution in [1.82, 2.24) is 25.5 Å². The van der Waals surface area contributed by atoms with Crippen molar-refractivity contribution in [1.29, 1.82) is 0 Å². The lowest BCUT2D eigenvalue weighted by Crippen LogP contribution is -2.30. The van der Waals surface area contributed by atoms with Gasteiger partial charge in [-0.05, 0) is 35.4 Å². The highest BCUT2D eigenvalue weighted by Gasteiger charge is 2.21. The number of anilines is 1. The molecule has 0 bridgehead atoms. The number of nitrogens with one attached hydrogen (secondary N) is 2. The Bertz CT molecular complexity index is 754. The molecule has 25 heavy (non-hydrogen) atoms. The lowest BCUT2D eigenvalue weighted by molar-refractivity contribution is -0.131. The quantitative estimate of drug-likeness (QED) is 0.634. The predicted octanol–water partition coefficient (Wildman–Crippen LogP) is 2.04. The maximum absolute atomic E-state index is 12.1. The molecule has 9 nitrogen and oxygen atoms in total. The first kappa shape index (κ1) is 16.9. The fourth-order valence-electron chi connectivity index (χ4n) is 2.90. The van der Waals surface area contributed by atoms with Crippen LogP contribution < -0.4 is 15.4 Å². The lowest BCUT2D eigenvalue weighted by atomic mass is 10.2. The van der Waals surface area contributed by atoms with E-state index in [2.05, 4.69) is 26.2 Å². The van der Waals surface area contributed by atoms with Crippen LogP contribution in [0.15, 0.2) is 24.3 Å². The van der Waals surface area contributed by atoms with Crippen LogP contribution >= 0.6 is 0 Å². The molecule has 2 N–H and O–H groups in total. The van der Waals surface area contributed by atoms with Crippen molar-refractivity contribution in [2.75, 3.05) is 5.32 Å². The van der Waals surface area contributed by atoms with Gasteiger partial charge in [-0.3, -0.25) is 4.79 Å². The van der Waals surface area contributed by atoms with Gasteiger partial charge >= 0.3 is 12.0 Å². The SMILES string of the molecule is CC(=O)Oc1ccccc1NC(=O)NCc1nnnn1C1CCCC1. The molecule has 0 unspecified atom stereocenters. The summed E-state index contributed by atoms with van der Waals surface area (Å²) in [6.45, 7) is 1.52. The Labute approximate surface area is 144 Å². The molecule has 132 valence electrons. The number of esters is 1. The number of ether oxygens (including phenoxy) is 1. The summed E-state index contributed by atoms with van der Waals surface area (Å²) in [5.41, 5.74) is 0.408. The second-order valence-electron chi connectivity index (χ2n) is 5.88. The minimum atomic E-state index is -0.453. The molecule has 2 amide bonds. The molecule has 0 radical (unpaired) electrons. The zero-order chi connectivity index (χ0) is 17.6. The smallest absolute Gasteiger partial charge is 0.319 e. The fraction of sp³-hybridized carbons (Fsp3) is 0.438. The first-order chi connectivity index (χ1) is 12.1. The van der Waals surface area contributed by atoms with Gasteiger partial charge in [0, 0.05) is 6.92 Å². The van der Waals surface area contributed by atoms with Crippen molar-refractivity contribution < 1.29 is 14.3 Å². The molecule has 0 atom stereocenters. The molecule has 1 saturated carbocycles. The van der Waals surface area contributed by atoms with Gasteiger partial charge in [0.25, 0.3) is 0 Å². The highest BCUT2D eigenvalue weighted by Crippen LogP contribution is 2.29. The largest absolute Gasteiger partial charge is 0.424 e. The maximum Gasteiger partial charge on any atom is 0.319 e. The number of carbonyl (C=O) groups is 2. The number of aromatic nitrogens is 4. The van der Waals surface area contributed by atoms with E-state index in [4.69, 9.17) is 4.74 Å². The van der Waals surface area contributed by atoms with Gasteiger partial charge in [0.2, 0.25) is 0 Å². The minimum absolute atomic E-state index is 0.213. The van der Waals surface area contributed by atoms with Gasteiger partial charge in [-0.1, -0.05) is 25.0 Å². The number of amides is 2. The van der Waals surface area contributed by atoms with E-state index in [1.54, 1.807) is 28.9 Å². The van der Waals surface area contributed by atoms with Gasteiger partial charge in [0.1, 0.15) is 0 Å². The molecule has 1 aromatic heterocycles. The van der Waals surface area contributed by atoms with E-state index in [-0.39, 0.29) is 6.54 Å². The van der Waals surface area contributed by atoms with Crippen LogP contribution in [-0.2, 0) is 11.3 Å². The first-order valence-corrected chi connectivity index (χ1v) is 8.22. The second-order valence-corrected chi connectivity index (χ2v) is 5.88. The normalized spacial score (nSPS) is 14.3. The Kier molecular flexibility index (Phi) is 5.22.